The average Bonchev–Trinajstić information content (AvgIpc) is 2.48. The van der Waals surface area contributed by atoms with Crippen molar-refractivity contribution in [2.75, 3.05) is 38.1 Å². The summed E-state index contributed by atoms with van der Waals surface area (Å²) in [6, 6.07) is 3.29. The zero-order chi connectivity index (χ0) is 15.2. The van der Waals surface area contributed by atoms with Gasteiger partial charge in [0.05, 0.1) is 0 Å². The van der Waals surface area contributed by atoms with Crippen LogP contribution >= 0.6 is 0 Å². The lowest BCUT2D eigenvalue weighted by Gasteiger charge is -2.31. The molecule has 0 bridgehead atoms. The number of pyridine rings is 1. The molecule has 0 spiro atoms. The summed E-state index contributed by atoms with van der Waals surface area (Å²) in [5.74, 6) is -0.0900. The van der Waals surface area contributed by atoms with E-state index in [4.69, 9.17) is 10.2 Å². The first-order valence-corrected chi connectivity index (χ1v) is 7.38. The van der Waals surface area contributed by atoms with Crippen LogP contribution in [0.15, 0.2) is 12.1 Å². The summed E-state index contributed by atoms with van der Waals surface area (Å²) < 4.78 is 0. The van der Waals surface area contributed by atoms with E-state index in [-0.39, 0.29) is 12.2 Å². The van der Waals surface area contributed by atoms with Gasteiger partial charge in [0.1, 0.15) is 11.4 Å². The molecule has 0 saturated carbocycles. The minimum atomic E-state index is -0.964. The Bertz CT molecular complexity index is 485. The Morgan fingerprint density at radius 2 is 2.14 bits per heavy atom. The molecule has 1 fully saturated rings. The molecule has 0 amide bonds. The monoisotopic (exact) mass is 293 g/mol. The summed E-state index contributed by atoms with van der Waals surface area (Å²) >= 11 is 0. The smallest absolute Gasteiger partial charge is 0.339 e. The fourth-order valence-corrected chi connectivity index (χ4v) is 2.59. The van der Waals surface area contributed by atoms with E-state index >= 15 is 0 Å². The maximum Gasteiger partial charge on any atom is 0.339 e. The lowest BCUT2D eigenvalue weighted by molar-refractivity contribution is 0.0697. The summed E-state index contributed by atoms with van der Waals surface area (Å²) in [7, 11) is 0. The SMILES string of the molecule is Cc1ccc(C(=O)O)c(NCCN2CCC(CO)CC2)n1. The lowest BCUT2D eigenvalue weighted by Crippen LogP contribution is -2.37. The number of likely N-dealkylation sites (tertiary alicyclic amines) is 1. The van der Waals surface area contributed by atoms with Crippen LogP contribution in [0.3, 0.4) is 0 Å². The van der Waals surface area contributed by atoms with Gasteiger partial charge in [-0.05, 0) is 50.9 Å². The highest BCUT2D eigenvalue weighted by Gasteiger charge is 2.18. The minimum absolute atomic E-state index is 0.208. The van der Waals surface area contributed by atoms with Crippen LogP contribution in [-0.4, -0.2) is 58.9 Å². The van der Waals surface area contributed by atoms with Gasteiger partial charge in [-0.2, -0.15) is 0 Å². The van der Waals surface area contributed by atoms with E-state index < -0.39 is 5.97 Å². The average molecular weight is 293 g/mol. The van der Waals surface area contributed by atoms with Crippen LogP contribution in [0.25, 0.3) is 0 Å². The number of hydrogen-bond acceptors (Lipinski definition) is 5. The summed E-state index contributed by atoms with van der Waals surface area (Å²) in [6.07, 6.45) is 2.05. The van der Waals surface area contributed by atoms with E-state index in [9.17, 15) is 4.79 Å². The van der Waals surface area contributed by atoms with E-state index in [0.29, 0.717) is 18.3 Å². The zero-order valence-electron chi connectivity index (χ0n) is 12.4. The molecule has 0 unspecified atom stereocenters. The number of aromatic carboxylic acids is 1. The zero-order valence-corrected chi connectivity index (χ0v) is 12.4. The van der Waals surface area contributed by atoms with Crippen LogP contribution in [0.4, 0.5) is 5.82 Å². The molecule has 6 heteroatoms. The highest BCUT2D eigenvalue weighted by Crippen LogP contribution is 2.16. The molecule has 2 heterocycles. The quantitative estimate of drug-likeness (QED) is 0.731. The van der Waals surface area contributed by atoms with Crippen LogP contribution in [0.1, 0.15) is 28.9 Å². The van der Waals surface area contributed by atoms with Gasteiger partial charge in [0.15, 0.2) is 0 Å². The van der Waals surface area contributed by atoms with Gasteiger partial charge in [0, 0.05) is 25.4 Å². The molecule has 6 nitrogen and oxygen atoms in total. The van der Waals surface area contributed by atoms with E-state index in [0.717, 1.165) is 38.2 Å². The van der Waals surface area contributed by atoms with Crippen molar-refractivity contribution in [2.45, 2.75) is 19.8 Å². The third-order valence-electron chi connectivity index (χ3n) is 3.95. The number of rotatable bonds is 6. The van der Waals surface area contributed by atoms with Gasteiger partial charge < -0.3 is 20.4 Å². The third-order valence-corrected chi connectivity index (χ3v) is 3.95. The van der Waals surface area contributed by atoms with Crippen LogP contribution in [0, 0.1) is 12.8 Å². The molecule has 1 aliphatic rings. The highest BCUT2D eigenvalue weighted by molar-refractivity contribution is 5.93. The van der Waals surface area contributed by atoms with Crippen molar-refractivity contribution in [1.82, 2.24) is 9.88 Å². The number of carboxylic acid groups (broad SMARTS) is 1. The van der Waals surface area contributed by atoms with Gasteiger partial charge in [-0.3, -0.25) is 0 Å². The summed E-state index contributed by atoms with van der Waals surface area (Å²) in [4.78, 5) is 17.7. The number of aromatic nitrogens is 1. The molecule has 0 aromatic carbocycles. The lowest BCUT2D eigenvalue weighted by atomic mass is 9.98. The van der Waals surface area contributed by atoms with Gasteiger partial charge in [0.25, 0.3) is 0 Å². The van der Waals surface area contributed by atoms with Crippen molar-refractivity contribution in [2.24, 2.45) is 5.92 Å². The molecular weight excluding hydrogens is 270 g/mol. The summed E-state index contributed by atoms with van der Waals surface area (Å²) in [5, 5.41) is 21.4. The van der Waals surface area contributed by atoms with Gasteiger partial charge >= 0.3 is 5.97 Å². The third kappa shape index (κ3) is 4.41. The molecule has 0 atom stereocenters. The minimum Gasteiger partial charge on any atom is -0.478 e. The second-order valence-corrected chi connectivity index (χ2v) is 5.55. The van der Waals surface area contributed by atoms with E-state index in [1.165, 1.54) is 0 Å². The Labute approximate surface area is 124 Å². The molecule has 1 saturated heterocycles. The van der Waals surface area contributed by atoms with E-state index in [1.807, 2.05) is 6.92 Å². The van der Waals surface area contributed by atoms with Crippen molar-refractivity contribution in [3.05, 3.63) is 23.4 Å². The maximum absolute atomic E-state index is 11.2. The molecular formula is C15H23N3O3. The molecule has 116 valence electrons. The molecule has 0 radical (unpaired) electrons. The first kappa shape index (κ1) is 15.7. The molecule has 0 aliphatic carbocycles. The van der Waals surface area contributed by atoms with Crippen LogP contribution < -0.4 is 5.32 Å². The molecule has 1 aromatic heterocycles. The van der Waals surface area contributed by atoms with Crippen molar-refractivity contribution in [1.29, 1.82) is 0 Å². The normalized spacial score (nSPS) is 16.9. The summed E-state index contributed by atoms with van der Waals surface area (Å²) in [6.45, 7) is 5.62. The van der Waals surface area contributed by atoms with Crippen molar-refractivity contribution in [3.63, 3.8) is 0 Å². The number of aliphatic hydroxyl groups excluding tert-OH is 1. The predicted octanol–water partition coefficient (Wildman–Crippen LogP) is 1.20. The Hall–Kier alpha value is -1.66. The number of hydrogen-bond donors (Lipinski definition) is 3. The van der Waals surface area contributed by atoms with Gasteiger partial charge in [-0.25, -0.2) is 9.78 Å². The van der Waals surface area contributed by atoms with Gasteiger partial charge in [-0.15, -0.1) is 0 Å². The highest BCUT2D eigenvalue weighted by atomic mass is 16.4. The van der Waals surface area contributed by atoms with Crippen LogP contribution in [0.2, 0.25) is 0 Å². The number of aryl methyl sites for hydroxylation is 1. The fourth-order valence-electron chi connectivity index (χ4n) is 2.59. The Kier molecular flexibility index (Phi) is 5.52. The maximum atomic E-state index is 11.2. The fraction of sp³-hybridized carbons (Fsp3) is 0.600. The number of aliphatic hydroxyl groups is 1. The van der Waals surface area contributed by atoms with E-state index in [2.05, 4.69) is 15.2 Å². The van der Waals surface area contributed by atoms with Crippen LogP contribution in [-0.2, 0) is 0 Å². The molecule has 1 aromatic rings. The molecule has 3 N–H and O–H groups in total. The first-order valence-electron chi connectivity index (χ1n) is 7.38. The number of piperidine rings is 1. The first-order chi connectivity index (χ1) is 10.1. The largest absolute Gasteiger partial charge is 0.478 e. The number of nitrogens with one attached hydrogen (secondary N) is 1. The van der Waals surface area contributed by atoms with E-state index in [1.54, 1.807) is 12.1 Å². The second kappa shape index (κ2) is 7.38. The second-order valence-electron chi connectivity index (χ2n) is 5.55. The number of carbonyl (C=O) groups is 1. The van der Waals surface area contributed by atoms with Crippen molar-refractivity contribution < 1.29 is 15.0 Å². The summed E-state index contributed by atoms with van der Waals surface area (Å²) in [5.41, 5.74) is 1.01. The van der Waals surface area contributed by atoms with Gasteiger partial charge in [-0.1, -0.05) is 0 Å². The topological polar surface area (TPSA) is 85.7 Å². The molecule has 1 aliphatic heterocycles. The predicted molar refractivity (Wildman–Crippen MR) is 80.7 cm³/mol. The Balaban J connectivity index is 1.84. The molecule has 2 rings (SSSR count). The Morgan fingerprint density at radius 3 is 2.76 bits per heavy atom. The number of anilines is 1. The van der Waals surface area contributed by atoms with Crippen molar-refractivity contribution in [3.8, 4) is 0 Å². The Morgan fingerprint density at radius 1 is 1.43 bits per heavy atom. The van der Waals surface area contributed by atoms with Crippen LogP contribution in [0.5, 0.6) is 0 Å². The van der Waals surface area contributed by atoms with Gasteiger partial charge in [0.2, 0.25) is 0 Å². The molecule has 21 heavy (non-hydrogen) atoms. The van der Waals surface area contributed by atoms with Crippen molar-refractivity contribution >= 4 is 11.8 Å². The number of nitrogens with zero attached hydrogens (tertiary/aromatic N) is 2. The number of carboxylic acids is 1. The standard InChI is InChI=1S/C15H23N3O3/c1-11-2-3-13(15(20)21)14(17-11)16-6-9-18-7-4-12(10-19)5-8-18/h2-3,12,19H,4-10H2,1H3,(H,16,17)(H,20,21).